The predicted octanol–water partition coefficient (Wildman–Crippen LogP) is 2.04. The molecule has 5 heteroatoms. The fraction of sp³-hybridized carbons (Fsp3) is 0.467. The minimum atomic E-state index is -0.819. The first-order chi connectivity index (χ1) is 9.47. The summed E-state index contributed by atoms with van der Waals surface area (Å²) in [5.41, 5.74) is 7.32. The molecule has 0 saturated carbocycles. The zero-order valence-corrected chi connectivity index (χ0v) is 12.2. The van der Waals surface area contributed by atoms with Gasteiger partial charge < -0.3 is 15.8 Å². The van der Waals surface area contributed by atoms with Crippen molar-refractivity contribution >= 4 is 17.6 Å². The number of carbonyl (C=O) groups excluding carboxylic acids is 2. The van der Waals surface area contributed by atoms with Gasteiger partial charge in [0, 0.05) is 12.2 Å². The van der Waals surface area contributed by atoms with Gasteiger partial charge in [0.2, 0.25) is 0 Å². The first kappa shape index (κ1) is 16.0. The summed E-state index contributed by atoms with van der Waals surface area (Å²) in [6, 6.07) is 5.04. The molecule has 0 spiro atoms. The van der Waals surface area contributed by atoms with E-state index in [2.05, 4.69) is 5.32 Å². The van der Waals surface area contributed by atoms with Crippen LogP contribution in [0, 0.1) is 6.92 Å². The van der Waals surface area contributed by atoms with Crippen molar-refractivity contribution in [1.29, 1.82) is 0 Å². The number of anilines is 1. The molecule has 0 aliphatic heterocycles. The molecule has 1 unspecified atom stereocenters. The Morgan fingerprint density at radius 1 is 1.40 bits per heavy atom. The van der Waals surface area contributed by atoms with E-state index < -0.39 is 12.1 Å². The van der Waals surface area contributed by atoms with E-state index in [1.165, 1.54) is 0 Å². The number of hydrogen-bond donors (Lipinski definition) is 2. The summed E-state index contributed by atoms with van der Waals surface area (Å²) in [7, 11) is 0. The highest BCUT2D eigenvalue weighted by Gasteiger charge is 2.20. The van der Waals surface area contributed by atoms with Crippen molar-refractivity contribution in [2.24, 2.45) is 0 Å². The molecule has 1 atom stereocenters. The Hall–Kier alpha value is -2.04. The maximum atomic E-state index is 12.0. The van der Waals surface area contributed by atoms with E-state index in [0.717, 1.165) is 12.8 Å². The van der Waals surface area contributed by atoms with Crippen molar-refractivity contribution in [3.05, 3.63) is 29.3 Å². The topological polar surface area (TPSA) is 81.4 Å². The summed E-state index contributed by atoms with van der Waals surface area (Å²) in [5, 5.41) is 2.73. The molecule has 0 aliphatic rings. The average molecular weight is 278 g/mol. The van der Waals surface area contributed by atoms with Crippen molar-refractivity contribution < 1.29 is 14.3 Å². The van der Waals surface area contributed by atoms with Gasteiger partial charge >= 0.3 is 5.97 Å². The van der Waals surface area contributed by atoms with E-state index in [1.54, 1.807) is 32.0 Å². The van der Waals surface area contributed by atoms with Crippen LogP contribution in [-0.2, 0) is 9.53 Å². The van der Waals surface area contributed by atoms with Gasteiger partial charge in [0.05, 0.1) is 5.56 Å². The van der Waals surface area contributed by atoms with Crippen LogP contribution in [0.3, 0.4) is 0 Å². The molecule has 1 aromatic carbocycles. The first-order valence-electron chi connectivity index (χ1n) is 6.81. The molecule has 1 aromatic rings. The number of carbonyl (C=O) groups is 2. The quantitative estimate of drug-likeness (QED) is 0.474. The van der Waals surface area contributed by atoms with Gasteiger partial charge in [-0.1, -0.05) is 19.4 Å². The lowest BCUT2D eigenvalue weighted by Gasteiger charge is -2.14. The fourth-order valence-electron chi connectivity index (χ4n) is 1.68. The number of rotatable bonds is 6. The number of benzene rings is 1. The first-order valence-corrected chi connectivity index (χ1v) is 6.81. The Labute approximate surface area is 119 Å². The predicted molar refractivity (Wildman–Crippen MR) is 78.4 cm³/mol. The number of hydrogen-bond acceptors (Lipinski definition) is 4. The summed E-state index contributed by atoms with van der Waals surface area (Å²) in [6.45, 7) is 5.94. The van der Waals surface area contributed by atoms with E-state index in [-0.39, 0.29) is 5.91 Å². The van der Waals surface area contributed by atoms with Crippen molar-refractivity contribution in [3.63, 3.8) is 0 Å². The SMILES string of the molecule is CCCCNC(=O)C(C)OC(=O)c1cccc(N)c1C. The van der Waals surface area contributed by atoms with Crippen LogP contribution in [-0.4, -0.2) is 24.5 Å². The summed E-state index contributed by atoms with van der Waals surface area (Å²) >= 11 is 0. The maximum absolute atomic E-state index is 12.0. The summed E-state index contributed by atoms with van der Waals surface area (Å²) in [6.07, 6.45) is 1.08. The number of esters is 1. The van der Waals surface area contributed by atoms with E-state index in [9.17, 15) is 9.59 Å². The lowest BCUT2D eigenvalue weighted by atomic mass is 10.1. The molecule has 0 aliphatic carbocycles. The smallest absolute Gasteiger partial charge is 0.339 e. The third-order valence-corrected chi connectivity index (χ3v) is 3.08. The highest BCUT2D eigenvalue weighted by molar-refractivity contribution is 5.94. The Kier molecular flexibility index (Phi) is 6.03. The number of amides is 1. The minimum Gasteiger partial charge on any atom is -0.449 e. The summed E-state index contributed by atoms with van der Waals surface area (Å²) in [5.74, 6) is -0.818. The molecule has 0 heterocycles. The standard InChI is InChI=1S/C15H22N2O3/c1-4-5-9-17-14(18)11(3)20-15(19)12-7-6-8-13(16)10(12)2/h6-8,11H,4-5,9,16H2,1-3H3,(H,17,18). The molecular formula is C15H22N2O3. The lowest BCUT2D eigenvalue weighted by molar-refractivity contribution is -0.129. The Bertz CT molecular complexity index is 486. The number of unbranched alkanes of at least 4 members (excludes halogenated alkanes) is 1. The van der Waals surface area contributed by atoms with Gasteiger partial charge in [-0.15, -0.1) is 0 Å². The molecule has 110 valence electrons. The van der Waals surface area contributed by atoms with Crippen LogP contribution in [0.2, 0.25) is 0 Å². The third-order valence-electron chi connectivity index (χ3n) is 3.08. The van der Waals surface area contributed by atoms with Crippen molar-refractivity contribution in [2.45, 2.75) is 39.7 Å². The maximum Gasteiger partial charge on any atom is 0.339 e. The van der Waals surface area contributed by atoms with Crippen LogP contribution < -0.4 is 11.1 Å². The highest BCUT2D eigenvalue weighted by atomic mass is 16.5. The van der Waals surface area contributed by atoms with Gasteiger partial charge in [-0.2, -0.15) is 0 Å². The highest BCUT2D eigenvalue weighted by Crippen LogP contribution is 2.17. The monoisotopic (exact) mass is 278 g/mol. The Morgan fingerprint density at radius 3 is 2.75 bits per heavy atom. The molecular weight excluding hydrogens is 256 g/mol. The lowest BCUT2D eigenvalue weighted by Crippen LogP contribution is -2.36. The van der Waals surface area contributed by atoms with Crippen molar-refractivity contribution in [1.82, 2.24) is 5.32 Å². The van der Waals surface area contributed by atoms with Gasteiger partial charge in [0.15, 0.2) is 6.10 Å². The molecule has 0 aromatic heterocycles. The molecule has 0 bridgehead atoms. The summed E-state index contributed by atoms with van der Waals surface area (Å²) in [4.78, 5) is 23.7. The second kappa shape index (κ2) is 7.53. The zero-order chi connectivity index (χ0) is 15.1. The Balaban J connectivity index is 2.61. The van der Waals surface area contributed by atoms with Crippen LogP contribution in [0.4, 0.5) is 5.69 Å². The molecule has 20 heavy (non-hydrogen) atoms. The molecule has 0 radical (unpaired) electrons. The molecule has 5 nitrogen and oxygen atoms in total. The van der Waals surface area contributed by atoms with Crippen molar-refractivity contribution in [2.75, 3.05) is 12.3 Å². The van der Waals surface area contributed by atoms with Crippen LogP contribution in [0.1, 0.15) is 42.6 Å². The van der Waals surface area contributed by atoms with Gasteiger partial charge in [-0.25, -0.2) is 4.79 Å². The average Bonchev–Trinajstić information content (AvgIpc) is 2.41. The number of nitrogen functional groups attached to an aromatic ring is 1. The summed E-state index contributed by atoms with van der Waals surface area (Å²) < 4.78 is 5.16. The van der Waals surface area contributed by atoms with E-state index in [4.69, 9.17) is 10.5 Å². The second-order valence-corrected chi connectivity index (χ2v) is 4.71. The molecule has 0 saturated heterocycles. The van der Waals surface area contributed by atoms with Crippen LogP contribution >= 0.6 is 0 Å². The van der Waals surface area contributed by atoms with Gasteiger partial charge in [0.25, 0.3) is 5.91 Å². The van der Waals surface area contributed by atoms with E-state index >= 15 is 0 Å². The molecule has 1 rings (SSSR count). The van der Waals surface area contributed by atoms with Crippen LogP contribution in [0.25, 0.3) is 0 Å². The normalized spacial score (nSPS) is 11.8. The van der Waals surface area contributed by atoms with E-state index in [0.29, 0.717) is 23.4 Å². The molecule has 1 amide bonds. The third kappa shape index (κ3) is 4.26. The largest absolute Gasteiger partial charge is 0.449 e. The van der Waals surface area contributed by atoms with Gasteiger partial charge in [-0.3, -0.25) is 4.79 Å². The molecule has 0 fully saturated rings. The molecule has 3 N–H and O–H groups in total. The van der Waals surface area contributed by atoms with Crippen LogP contribution in [0.5, 0.6) is 0 Å². The number of ether oxygens (including phenoxy) is 1. The van der Waals surface area contributed by atoms with Crippen LogP contribution in [0.15, 0.2) is 18.2 Å². The fourth-order valence-corrected chi connectivity index (χ4v) is 1.68. The Morgan fingerprint density at radius 2 is 2.10 bits per heavy atom. The van der Waals surface area contributed by atoms with Gasteiger partial charge in [-0.05, 0) is 38.0 Å². The van der Waals surface area contributed by atoms with Gasteiger partial charge in [0.1, 0.15) is 0 Å². The minimum absolute atomic E-state index is 0.284. The zero-order valence-electron chi connectivity index (χ0n) is 12.2. The number of nitrogens with one attached hydrogen (secondary N) is 1. The number of nitrogens with two attached hydrogens (primary N) is 1. The van der Waals surface area contributed by atoms with E-state index in [1.807, 2.05) is 6.92 Å². The second-order valence-electron chi connectivity index (χ2n) is 4.71. The van der Waals surface area contributed by atoms with Crippen molar-refractivity contribution in [3.8, 4) is 0 Å².